The van der Waals surface area contributed by atoms with Crippen molar-refractivity contribution < 1.29 is 17.9 Å². The summed E-state index contributed by atoms with van der Waals surface area (Å²) >= 11 is 11.9. The van der Waals surface area contributed by atoms with Crippen molar-refractivity contribution in [1.82, 2.24) is 5.32 Å². The third-order valence-electron chi connectivity index (χ3n) is 3.84. The third-order valence-corrected chi connectivity index (χ3v) is 6.22. The Labute approximate surface area is 169 Å². The van der Waals surface area contributed by atoms with E-state index in [2.05, 4.69) is 5.32 Å². The molecule has 9 heteroatoms. The summed E-state index contributed by atoms with van der Waals surface area (Å²) in [6.45, 7) is 0.947. The van der Waals surface area contributed by atoms with Crippen molar-refractivity contribution >= 4 is 44.8 Å². The maximum absolute atomic E-state index is 12.8. The molecule has 0 unspecified atom stereocenters. The molecule has 1 amide bonds. The molecule has 2 rings (SSSR count). The first kappa shape index (κ1) is 21.5. The van der Waals surface area contributed by atoms with E-state index in [1.807, 2.05) is 0 Å². The van der Waals surface area contributed by atoms with Crippen LogP contribution in [0.5, 0.6) is 0 Å². The molecule has 0 aliphatic rings. The van der Waals surface area contributed by atoms with Crippen LogP contribution in [0.3, 0.4) is 0 Å². The molecule has 0 aliphatic carbocycles. The molecule has 0 fully saturated rings. The Kier molecular flexibility index (Phi) is 7.49. The van der Waals surface area contributed by atoms with Gasteiger partial charge in [-0.3, -0.25) is 9.10 Å². The van der Waals surface area contributed by atoms with Gasteiger partial charge < -0.3 is 10.1 Å². The number of amides is 1. The molecular weight excluding hydrogens is 411 g/mol. The van der Waals surface area contributed by atoms with Crippen molar-refractivity contribution in [3.05, 3.63) is 58.1 Å². The number of ether oxygens (including phenoxy) is 1. The highest BCUT2D eigenvalue weighted by molar-refractivity contribution is 7.92. The van der Waals surface area contributed by atoms with Crippen LogP contribution in [0.2, 0.25) is 10.0 Å². The molecule has 0 spiro atoms. The van der Waals surface area contributed by atoms with E-state index in [1.54, 1.807) is 7.11 Å². The standard InChI is InChI=1S/C18H20Cl2N2O4S/c1-22(27(24,25)15-7-4-13(19)5-8-15)14-6-9-17(20)16(12-14)18(23)21-10-3-11-26-2/h4-9,12H,3,10-11H2,1-2H3,(H,21,23). The maximum atomic E-state index is 12.8. The molecule has 0 radical (unpaired) electrons. The quantitative estimate of drug-likeness (QED) is 0.649. The first-order chi connectivity index (χ1) is 12.8. The number of nitrogens with one attached hydrogen (secondary N) is 1. The topological polar surface area (TPSA) is 75.7 Å². The number of sulfonamides is 1. The summed E-state index contributed by atoms with van der Waals surface area (Å²) in [5, 5.41) is 3.41. The minimum absolute atomic E-state index is 0.0925. The average molecular weight is 431 g/mol. The summed E-state index contributed by atoms with van der Waals surface area (Å²) < 4.78 is 31.6. The summed E-state index contributed by atoms with van der Waals surface area (Å²) in [4.78, 5) is 12.4. The normalized spacial score (nSPS) is 11.3. The fourth-order valence-electron chi connectivity index (χ4n) is 2.30. The number of carbonyl (C=O) groups excluding carboxylic acids is 1. The predicted molar refractivity (Wildman–Crippen MR) is 107 cm³/mol. The van der Waals surface area contributed by atoms with E-state index in [0.717, 1.165) is 4.31 Å². The SMILES string of the molecule is COCCCNC(=O)c1cc(N(C)S(=O)(=O)c2ccc(Cl)cc2)ccc1Cl. The van der Waals surface area contributed by atoms with Crippen LogP contribution in [0.15, 0.2) is 47.4 Å². The predicted octanol–water partition coefficient (Wildman–Crippen LogP) is 3.58. The fourth-order valence-corrected chi connectivity index (χ4v) is 3.82. The molecule has 0 bridgehead atoms. The molecule has 2 aromatic rings. The van der Waals surface area contributed by atoms with E-state index in [4.69, 9.17) is 27.9 Å². The Hall–Kier alpha value is -1.80. The van der Waals surface area contributed by atoms with E-state index in [-0.39, 0.29) is 21.4 Å². The number of carbonyl (C=O) groups is 1. The van der Waals surface area contributed by atoms with Crippen LogP contribution >= 0.6 is 23.2 Å². The number of rotatable bonds is 8. The molecule has 0 aromatic heterocycles. The summed E-state index contributed by atoms with van der Waals surface area (Å²) in [7, 11) is -0.812. The van der Waals surface area contributed by atoms with Crippen LogP contribution in [0.4, 0.5) is 5.69 Å². The summed E-state index contributed by atoms with van der Waals surface area (Å²) in [5.74, 6) is -0.379. The van der Waals surface area contributed by atoms with Gasteiger partial charge in [-0.1, -0.05) is 23.2 Å². The second-order valence-corrected chi connectivity index (χ2v) is 8.51. The first-order valence-corrected chi connectivity index (χ1v) is 10.3. The number of hydrogen-bond donors (Lipinski definition) is 1. The highest BCUT2D eigenvalue weighted by atomic mass is 35.5. The van der Waals surface area contributed by atoms with Crippen molar-refractivity contribution in [1.29, 1.82) is 0 Å². The highest BCUT2D eigenvalue weighted by Gasteiger charge is 2.22. The van der Waals surface area contributed by atoms with E-state index in [1.165, 1.54) is 49.5 Å². The fraction of sp³-hybridized carbons (Fsp3) is 0.278. The molecule has 27 heavy (non-hydrogen) atoms. The Morgan fingerprint density at radius 3 is 2.44 bits per heavy atom. The second-order valence-electron chi connectivity index (χ2n) is 5.69. The Bertz CT molecular complexity index is 902. The lowest BCUT2D eigenvalue weighted by atomic mass is 10.2. The average Bonchev–Trinajstić information content (AvgIpc) is 2.65. The van der Waals surface area contributed by atoms with Gasteiger partial charge in [-0.15, -0.1) is 0 Å². The molecule has 0 aliphatic heterocycles. The Balaban J connectivity index is 2.25. The molecule has 1 N–H and O–H groups in total. The molecule has 0 atom stereocenters. The monoisotopic (exact) mass is 430 g/mol. The zero-order valence-electron chi connectivity index (χ0n) is 14.9. The third kappa shape index (κ3) is 5.35. The molecule has 0 saturated carbocycles. The lowest BCUT2D eigenvalue weighted by Gasteiger charge is -2.20. The largest absolute Gasteiger partial charge is 0.385 e. The van der Waals surface area contributed by atoms with Crippen LogP contribution in [0.25, 0.3) is 0 Å². The van der Waals surface area contributed by atoms with Gasteiger partial charge in [-0.05, 0) is 48.9 Å². The smallest absolute Gasteiger partial charge is 0.264 e. The van der Waals surface area contributed by atoms with Crippen molar-refractivity contribution in [2.24, 2.45) is 0 Å². The molecular formula is C18H20Cl2N2O4S. The van der Waals surface area contributed by atoms with Gasteiger partial charge in [0.1, 0.15) is 0 Å². The number of benzene rings is 2. The van der Waals surface area contributed by atoms with E-state index >= 15 is 0 Å². The van der Waals surface area contributed by atoms with Crippen molar-refractivity contribution in [2.45, 2.75) is 11.3 Å². The van der Waals surface area contributed by atoms with E-state index in [0.29, 0.717) is 30.3 Å². The summed E-state index contributed by atoms with van der Waals surface area (Å²) in [6.07, 6.45) is 0.657. The first-order valence-electron chi connectivity index (χ1n) is 8.08. The number of nitrogens with zero attached hydrogens (tertiary/aromatic N) is 1. The zero-order valence-corrected chi connectivity index (χ0v) is 17.2. The summed E-state index contributed by atoms with van der Waals surface area (Å²) in [5.41, 5.74) is 0.515. The van der Waals surface area contributed by atoms with E-state index in [9.17, 15) is 13.2 Å². The second kappa shape index (κ2) is 9.41. The minimum Gasteiger partial charge on any atom is -0.385 e. The molecule has 0 saturated heterocycles. The van der Waals surface area contributed by atoms with Crippen LogP contribution in [-0.2, 0) is 14.8 Å². The van der Waals surface area contributed by atoms with Gasteiger partial charge in [-0.2, -0.15) is 0 Å². The Morgan fingerprint density at radius 2 is 1.81 bits per heavy atom. The lowest BCUT2D eigenvalue weighted by molar-refractivity contribution is 0.0948. The minimum atomic E-state index is -3.81. The Morgan fingerprint density at radius 1 is 1.15 bits per heavy atom. The molecule has 0 heterocycles. The highest BCUT2D eigenvalue weighted by Crippen LogP contribution is 2.27. The van der Waals surface area contributed by atoms with Crippen molar-refractivity contribution in [3.63, 3.8) is 0 Å². The van der Waals surface area contributed by atoms with Crippen LogP contribution in [-0.4, -0.2) is 41.6 Å². The zero-order chi connectivity index (χ0) is 20.0. The van der Waals surface area contributed by atoms with Crippen molar-refractivity contribution in [2.75, 3.05) is 31.6 Å². The molecule has 146 valence electrons. The van der Waals surface area contributed by atoms with Gasteiger partial charge >= 0.3 is 0 Å². The number of hydrogen-bond acceptors (Lipinski definition) is 4. The molecule has 2 aromatic carbocycles. The van der Waals surface area contributed by atoms with Gasteiger partial charge in [0.15, 0.2) is 0 Å². The van der Waals surface area contributed by atoms with Gasteiger partial charge in [0, 0.05) is 32.3 Å². The lowest BCUT2D eigenvalue weighted by Crippen LogP contribution is -2.28. The van der Waals surface area contributed by atoms with E-state index < -0.39 is 10.0 Å². The molecule has 6 nitrogen and oxygen atoms in total. The van der Waals surface area contributed by atoms with Gasteiger partial charge in [0.05, 0.1) is 21.2 Å². The van der Waals surface area contributed by atoms with Crippen LogP contribution < -0.4 is 9.62 Å². The number of methoxy groups -OCH3 is 1. The number of halogens is 2. The van der Waals surface area contributed by atoms with Gasteiger partial charge in [0.2, 0.25) is 0 Å². The summed E-state index contributed by atoms with van der Waals surface area (Å²) in [6, 6.07) is 10.3. The van der Waals surface area contributed by atoms with Crippen LogP contribution in [0.1, 0.15) is 16.8 Å². The van der Waals surface area contributed by atoms with Gasteiger partial charge in [-0.25, -0.2) is 8.42 Å². The number of anilines is 1. The maximum Gasteiger partial charge on any atom is 0.264 e. The van der Waals surface area contributed by atoms with Gasteiger partial charge in [0.25, 0.3) is 15.9 Å². The van der Waals surface area contributed by atoms with Crippen molar-refractivity contribution in [3.8, 4) is 0 Å². The van der Waals surface area contributed by atoms with Crippen LogP contribution in [0, 0.1) is 0 Å².